The van der Waals surface area contributed by atoms with Crippen molar-refractivity contribution >= 4 is 28.8 Å². The number of carbonyl (C=O) groups excluding carboxylic acids is 1. The van der Waals surface area contributed by atoms with Gasteiger partial charge < -0.3 is 4.74 Å². The Morgan fingerprint density at radius 1 is 1.08 bits per heavy atom. The van der Waals surface area contributed by atoms with Gasteiger partial charge in [-0.1, -0.05) is 42.5 Å². The summed E-state index contributed by atoms with van der Waals surface area (Å²) in [7, 11) is 1.59. The van der Waals surface area contributed by atoms with Gasteiger partial charge in [0.05, 0.1) is 7.11 Å². The van der Waals surface area contributed by atoms with Crippen molar-refractivity contribution < 1.29 is 9.53 Å². The Bertz CT molecular complexity index is 811. The normalized spacial score (nSPS) is 16.0. The summed E-state index contributed by atoms with van der Waals surface area (Å²) in [6.45, 7) is 3.77. The molecule has 3 rings (SSSR count). The van der Waals surface area contributed by atoms with Crippen LogP contribution in [0.5, 0.6) is 5.75 Å². The molecular weight excluding hydrogens is 320 g/mol. The van der Waals surface area contributed by atoms with Crippen LogP contribution >= 0.6 is 12.2 Å². The van der Waals surface area contributed by atoms with Crippen LogP contribution in [-0.4, -0.2) is 34.3 Å². The molecule has 0 saturated carbocycles. The van der Waals surface area contributed by atoms with E-state index in [1.54, 1.807) is 36.3 Å². The van der Waals surface area contributed by atoms with E-state index in [9.17, 15) is 4.79 Å². The van der Waals surface area contributed by atoms with Crippen molar-refractivity contribution in [3.8, 4) is 5.75 Å². The maximum absolute atomic E-state index is 13.0. The van der Waals surface area contributed by atoms with Crippen molar-refractivity contribution in [3.05, 3.63) is 65.7 Å². The first-order valence-corrected chi connectivity index (χ1v) is 8.03. The lowest BCUT2D eigenvalue weighted by Crippen LogP contribution is -2.46. The van der Waals surface area contributed by atoms with Crippen molar-refractivity contribution in [2.24, 2.45) is 4.99 Å². The molecule has 1 heterocycles. The molecule has 4 nitrogen and oxygen atoms in total. The number of thiocarbonyl (C=S) groups is 1. The van der Waals surface area contributed by atoms with E-state index in [4.69, 9.17) is 17.0 Å². The molecule has 0 aromatic heterocycles. The highest BCUT2D eigenvalue weighted by Crippen LogP contribution is 2.29. The summed E-state index contributed by atoms with van der Waals surface area (Å²) in [4.78, 5) is 19.7. The number of hydrogen-bond donors (Lipinski definition) is 0. The second-order valence-electron chi connectivity index (χ2n) is 6.00. The molecule has 0 saturated heterocycles. The standard InChI is InChI=1S/C19H18N2O2S/c1-19(2)20-16(13-7-5-4-6-8-13)18(24)21(19)17(22)14-9-11-15(23-3)12-10-14/h4-12H,1-3H3. The first kappa shape index (κ1) is 16.3. The van der Waals surface area contributed by atoms with Gasteiger partial charge in [0.25, 0.3) is 5.91 Å². The molecule has 24 heavy (non-hydrogen) atoms. The Morgan fingerprint density at radius 3 is 2.29 bits per heavy atom. The second kappa shape index (κ2) is 6.17. The van der Waals surface area contributed by atoms with Crippen LogP contribution in [0, 0.1) is 0 Å². The van der Waals surface area contributed by atoms with Crippen molar-refractivity contribution in [2.75, 3.05) is 7.11 Å². The molecule has 5 heteroatoms. The third kappa shape index (κ3) is 2.83. The maximum Gasteiger partial charge on any atom is 0.260 e. The molecule has 0 aliphatic carbocycles. The molecular formula is C19H18N2O2S. The van der Waals surface area contributed by atoms with E-state index in [0.717, 1.165) is 5.56 Å². The molecule has 2 aromatic rings. The first-order valence-electron chi connectivity index (χ1n) is 7.62. The van der Waals surface area contributed by atoms with Gasteiger partial charge in [-0.05, 0) is 38.1 Å². The molecule has 2 aromatic carbocycles. The van der Waals surface area contributed by atoms with Gasteiger partial charge >= 0.3 is 0 Å². The molecule has 0 atom stereocenters. The predicted molar refractivity (Wildman–Crippen MR) is 98.8 cm³/mol. The fourth-order valence-electron chi connectivity index (χ4n) is 2.71. The third-order valence-electron chi connectivity index (χ3n) is 3.93. The minimum absolute atomic E-state index is 0.165. The Labute approximate surface area is 146 Å². The number of rotatable bonds is 3. The Kier molecular flexibility index (Phi) is 4.20. The Hall–Kier alpha value is -2.53. The molecule has 1 amide bonds. The average molecular weight is 338 g/mol. The molecule has 0 fully saturated rings. The maximum atomic E-state index is 13.0. The Balaban J connectivity index is 1.94. The van der Waals surface area contributed by atoms with E-state index in [1.165, 1.54) is 0 Å². The van der Waals surface area contributed by atoms with Gasteiger partial charge in [-0.25, -0.2) is 0 Å². The topological polar surface area (TPSA) is 41.9 Å². The monoisotopic (exact) mass is 338 g/mol. The van der Waals surface area contributed by atoms with Crippen LogP contribution in [0.1, 0.15) is 29.8 Å². The van der Waals surface area contributed by atoms with Crippen LogP contribution in [0.2, 0.25) is 0 Å². The third-order valence-corrected chi connectivity index (χ3v) is 4.30. The summed E-state index contributed by atoms with van der Waals surface area (Å²) < 4.78 is 5.14. The lowest BCUT2D eigenvalue weighted by Gasteiger charge is -2.29. The summed E-state index contributed by atoms with van der Waals surface area (Å²) in [6, 6.07) is 16.7. The zero-order valence-electron chi connectivity index (χ0n) is 13.8. The number of amides is 1. The van der Waals surface area contributed by atoms with Gasteiger partial charge in [-0.3, -0.25) is 14.7 Å². The van der Waals surface area contributed by atoms with Gasteiger partial charge in [0.1, 0.15) is 22.1 Å². The van der Waals surface area contributed by atoms with Crippen LogP contribution in [0.4, 0.5) is 0 Å². The van der Waals surface area contributed by atoms with Crippen LogP contribution in [0.3, 0.4) is 0 Å². The molecule has 0 spiro atoms. The lowest BCUT2D eigenvalue weighted by molar-refractivity contribution is 0.0758. The summed E-state index contributed by atoms with van der Waals surface area (Å²) in [5.41, 5.74) is 1.42. The van der Waals surface area contributed by atoms with E-state index in [1.807, 2.05) is 44.2 Å². The molecule has 0 radical (unpaired) electrons. The quantitative estimate of drug-likeness (QED) is 0.801. The van der Waals surface area contributed by atoms with Crippen molar-refractivity contribution in [1.82, 2.24) is 4.90 Å². The predicted octanol–water partition coefficient (Wildman–Crippen LogP) is 3.70. The number of carbonyl (C=O) groups is 1. The van der Waals surface area contributed by atoms with E-state index < -0.39 is 5.66 Å². The number of hydrogen-bond acceptors (Lipinski definition) is 4. The largest absolute Gasteiger partial charge is 0.497 e. The number of ether oxygens (including phenoxy) is 1. The summed E-state index contributed by atoms with van der Waals surface area (Å²) in [6.07, 6.45) is 0. The van der Waals surface area contributed by atoms with Gasteiger partial charge in [0, 0.05) is 11.1 Å². The van der Waals surface area contributed by atoms with Gasteiger partial charge in [-0.15, -0.1) is 0 Å². The smallest absolute Gasteiger partial charge is 0.260 e. The minimum Gasteiger partial charge on any atom is -0.497 e. The molecule has 0 bridgehead atoms. The summed E-state index contributed by atoms with van der Waals surface area (Å²) in [5.74, 6) is 0.540. The highest BCUT2D eigenvalue weighted by Gasteiger charge is 2.42. The zero-order chi connectivity index (χ0) is 17.3. The number of aliphatic imine (C=N–C) groups is 1. The number of methoxy groups -OCH3 is 1. The minimum atomic E-state index is -0.723. The van der Waals surface area contributed by atoms with Crippen molar-refractivity contribution in [3.63, 3.8) is 0 Å². The fraction of sp³-hybridized carbons (Fsp3) is 0.211. The van der Waals surface area contributed by atoms with Crippen LogP contribution in [0.15, 0.2) is 59.6 Å². The number of benzene rings is 2. The van der Waals surface area contributed by atoms with Gasteiger partial charge in [-0.2, -0.15) is 0 Å². The van der Waals surface area contributed by atoms with Gasteiger partial charge in [0.2, 0.25) is 0 Å². The van der Waals surface area contributed by atoms with E-state index in [0.29, 0.717) is 22.0 Å². The van der Waals surface area contributed by atoms with E-state index >= 15 is 0 Å². The summed E-state index contributed by atoms with van der Waals surface area (Å²) >= 11 is 5.57. The lowest BCUT2D eigenvalue weighted by atomic mass is 10.1. The highest BCUT2D eigenvalue weighted by atomic mass is 32.1. The SMILES string of the molecule is COc1ccc(C(=O)N2C(=S)C(c3ccccc3)=NC2(C)C)cc1. The molecule has 1 aliphatic heterocycles. The van der Waals surface area contributed by atoms with E-state index in [2.05, 4.69) is 4.99 Å². The van der Waals surface area contributed by atoms with Crippen LogP contribution < -0.4 is 4.74 Å². The Morgan fingerprint density at radius 2 is 1.71 bits per heavy atom. The van der Waals surface area contributed by atoms with Crippen LogP contribution in [0.25, 0.3) is 0 Å². The van der Waals surface area contributed by atoms with E-state index in [-0.39, 0.29) is 5.91 Å². The van der Waals surface area contributed by atoms with Crippen LogP contribution in [-0.2, 0) is 0 Å². The fourth-order valence-corrected chi connectivity index (χ4v) is 3.18. The van der Waals surface area contributed by atoms with Gasteiger partial charge in [0.15, 0.2) is 0 Å². The first-order chi connectivity index (χ1) is 11.4. The molecule has 0 unspecified atom stereocenters. The average Bonchev–Trinajstić information content (AvgIpc) is 2.84. The second-order valence-corrected chi connectivity index (χ2v) is 6.38. The molecule has 1 aliphatic rings. The molecule has 0 N–H and O–H groups in total. The van der Waals surface area contributed by atoms with Crippen molar-refractivity contribution in [1.29, 1.82) is 0 Å². The summed E-state index contributed by atoms with van der Waals surface area (Å²) in [5, 5.41) is 0. The van der Waals surface area contributed by atoms with Crippen molar-refractivity contribution in [2.45, 2.75) is 19.5 Å². The molecule has 122 valence electrons. The zero-order valence-corrected chi connectivity index (χ0v) is 14.6. The number of nitrogens with zero attached hydrogens (tertiary/aromatic N) is 2. The highest BCUT2D eigenvalue weighted by molar-refractivity contribution is 7.82.